The maximum atomic E-state index is 14.0. The van der Waals surface area contributed by atoms with Crippen LogP contribution in [0.15, 0.2) is 29.3 Å². The van der Waals surface area contributed by atoms with Crippen molar-refractivity contribution in [1.29, 1.82) is 0 Å². The van der Waals surface area contributed by atoms with E-state index >= 15 is 0 Å². The van der Waals surface area contributed by atoms with E-state index in [1.54, 1.807) is 13.1 Å². The third kappa shape index (κ3) is 6.56. The van der Waals surface area contributed by atoms with Gasteiger partial charge in [0.15, 0.2) is 5.96 Å². The average molecular weight is 504 g/mol. The molecule has 7 heteroatoms. The fraction of sp³-hybridized carbons (Fsp3) is 0.667. The minimum absolute atomic E-state index is 0. The zero-order valence-corrected chi connectivity index (χ0v) is 19.5. The maximum Gasteiger partial charge on any atom is 0.191 e. The van der Waals surface area contributed by atoms with Crippen molar-refractivity contribution in [1.82, 2.24) is 15.5 Å². The van der Waals surface area contributed by atoms with Gasteiger partial charge >= 0.3 is 0 Å². The lowest BCUT2D eigenvalue weighted by Gasteiger charge is -2.35. The maximum absolute atomic E-state index is 14.0. The summed E-state index contributed by atoms with van der Waals surface area (Å²) in [5.74, 6) is 1.57. The summed E-state index contributed by atoms with van der Waals surface area (Å²) in [5, 5.41) is 6.95. The Bertz CT molecular complexity index is 637. The van der Waals surface area contributed by atoms with Crippen LogP contribution < -0.4 is 10.6 Å². The first-order valence-corrected chi connectivity index (χ1v) is 10.1. The number of nitrogens with zero attached hydrogens (tertiary/aromatic N) is 2. The van der Waals surface area contributed by atoms with E-state index in [0.717, 1.165) is 57.2 Å². The van der Waals surface area contributed by atoms with Crippen LogP contribution in [-0.2, 0) is 4.74 Å². The van der Waals surface area contributed by atoms with E-state index in [0.29, 0.717) is 12.0 Å². The van der Waals surface area contributed by atoms with Crippen LogP contribution in [0.1, 0.15) is 38.2 Å². The van der Waals surface area contributed by atoms with Crippen LogP contribution in [0, 0.1) is 11.7 Å². The number of hydrogen-bond donors (Lipinski definition) is 2. The van der Waals surface area contributed by atoms with Gasteiger partial charge in [0, 0.05) is 44.7 Å². The number of nitrogens with one attached hydrogen (secondary N) is 2. The molecule has 0 amide bonds. The van der Waals surface area contributed by atoms with E-state index in [9.17, 15) is 4.39 Å². The van der Waals surface area contributed by atoms with Gasteiger partial charge in [0.1, 0.15) is 5.82 Å². The van der Waals surface area contributed by atoms with Crippen LogP contribution in [0.2, 0.25) is 0 Å². The molecule has 3 rings (SSSR count). The van der Waals surface area contributed by atoms with Crippen molar-refractivity contribution < 1.29 is 9.13 Å². The number of halogens is 2. The number of ether oxygens (including phenoxy) is 1. The van der Waals surface area contributed by atoms with Crippen LogP contribution in [-0.4, -0.2) is 62.8 Å². The Labute approximate surface area is 185 Å². The molecule has 158 valence electrons. The van der Waals surface area contributed by atoms with Crippen molar-refractivity contribution in [2.24, 2.45) is 10.9 Å². The van der Waals surface area contributed by atoms with Crippen molar-refractivity contribution in [3.8, 4) is 0 Å². The second-order valence-corrected chi connectivity index (χ2v) is 8.00. The van der Waals surface area contributed by atoms with E-state index in [1.807, 2.05) is 12.1 Å². The summed E-state index contributed by atoms with van der Waals surface area (Å²) < 4.78 is 19.5. The van der Waals surface area contributed by atoms with Gasteiger partial charge < -0.3 is 15.4 Å². The molecule has 1 saturated carbocycles. The highest BCUT2D eigenvalue weighted by Crippen LogP contribution is 2.41. The van der Waals surface area contributed by atoms with Gasteiger partial charge in [-0.25, -0.2) is 4.39 Å². The van der Waals surface area contributed by atoms with Gasteiger partial charge in [0.2, 0.25) is 0 Å². The summed E-state index contributed by atoms with van der Waals surface area (Å²) in [5.41, 5.74) is 0.802. The molecule has 1 aliphatic carbocycles. The Morgan fingerprint density at radius 3 is 2.64 bits per heavy atom. The molecule has 5 nitrogen and oxygen atoms in total. The molecule has 1 aromatic carbocycles. The number of rotatable bonds is 7. The summed E-state index contributed by atoms with van der Waals surface area (Å²) in [6, 6.07) is 7.78. The first kappa shape index (κ1) is 23.3. The molecule has 0 spiro atoms. The van der Waals surface area contributed by atoms with Crippen LogP contribution in [0.5, 0.6) is 0 Å². The molecule has 0 aromatic heterocycles. The van der Waals surface area contributed by atoms with Crippen molar-refractivity contribution >= 4 is 29.9 Å². The number of benzene rings is 1. The second kappa shape index (κ2) is 11.3. The zero-order chi connectivity index (χ0) is 19.2. The SMILES string of the molecule is CN=C(NCC(CC(C)C)N1CCOCC1)NC1CC1c1ccccc1F.I. The molecule has 0 radical (unpaired) electrons. The van der Waals surface area contributed by atoms with Crippen LogP contribution in [0.25, 0.3) is 0 Å². The van der Waals surface area contributed by atoms with Crippen molar-refractivity contribution in [2.45, 2.75) is 44.7 Å². The number of morpholine rings is 1. The van der Waals surface area contributed by atoms with Gasteiger partial charge in [-0.15, -0.1) is 24.0 Å². The molecular weight excluding hydrogens is 470 g/mol. The van der Waals surface area contributed by atoms with Gasteiger partial charge in [0.25, 0.3) is 0 Å². The summed E-state index contributed by atoms with van der Waals surface area (Å²) in [4.78, 5) is 6.89. The minimum Gasteiger partial charge on any atom is -0.379 e. The molecule has 1 aliphatic heterocycles. The average Bonchev–Trinajstić information content (AvgIpc) is 3.43. The van der Waals surface area contributed by atoms with Crippen molar-refractivity contribution in [2.75, 3.05) is 39.9 Å². The van der Waals surface area contributed by atoms with Gasteiger partial charge in [-0.05, 0) is 30.4 Å². The molecule has 0 bridgehead atoms. The van der Waals surface area contributed by atoms with Crippen LogP contribution in [0.3, 0.4) is 0 Å². The third-order valence-corrected chi connectivity index (χ3v) is 5.45. The molecule has 3 unspecified atom stereocenters. The highest BCUT2D eigenvalue weighted by atomic mass is 127. The van der Waals surface area contributed by atoms with Crippen LogP contribution in [0.4, 0.5) is 4.39 Å². The topological polar surface area (TPSA) is 48.9 Å². The van der Waals surface area contributed by atoms with Gasteiger partial charge in [-0.3, -0.25) is 9.89 Å². The normalized spacial score (nSPS) is 23.8. The smallest absolute Gasteiger partial charge is 0.191 e. The number of hydrogen-bond acceptors (Lipinski definition) is 3. The number of aliphatic imine (C=N–C) groups is 1. The molecule has 2 N–H and O–H groups in total. The Kier molecular flexibility index (Phi) is 9.43. The fourth-order valence-corrected chi connectivity index (χ4v) is 3.91. The summed E-state index contributed by atoms with van der Waals surface area (Å²) in [6.45, 7) is 9.00. The van der Waals surface area contributed by atoms with E-state index in [1.165, 1.54) is 6.07 Å². The zero-order valence-electron chi connectivity index (χ0n) is 17.2. The lowest BCUT2D eigenvalue weighted by Crippen LogP contribution is -2.51. The molecule has 1 heterocycles. The Hall–Kier alpha value is -0.930. The quantitative estimate of drug-likeness (QED) is 0.340. The molecule has 3 atom stereocenters. The summed E-state index contributed by atoms with van der Waals surface area (Å²) >= 11 is 0. The van der Waals surface area contributed by atoms with Gasteiger partial charge in [0.05, 0.1) is 13.2 Å². The Morgan fingerprint density at radius 1 is 1.29 bits per heavy atom. The van der Waals surface area contributed by atoms with Crippen molar-refractivity contribution in [3.63, 3.8) is 0 Å². The predicted molar refractivity (Wildman–Crippen MR) is 123 cm³/mol. The standard InChI is InChI=1S/C21H33FN4O.HI/c1-15(2)12-16(26-8-10-27-11-9-26)14-24-21(23-3)25-20-13-18(20)17-6-4-5-7-19(17)22;/h4-7,15-16,18,20H,8-14H2,1-3H3,(H2,23,24,25);1H. The third-order valence-electron chi connectivity index (χ3n) is 5.45. The van der Waals surface area contributed by atoms with E-state index in [2.05, 4.69) is 34.4 Å². The minimum atomic E-state index is -0.112. The number of guanidine groups is 1. The summed E-state index contributed by atoms with van der Waals surface area (Å²) in [6.07, 6.45) is 2.09. The first-order chi connectivity index (χ1) is 13.1. The molecule has 2 aliphatic rings. The van der Waals surface area contributed by atoms with Crippen LogP contribution >= 0.6 is 24.0 Å². The Morgan fingerprint density at radius 2 is 2.00 bits per heavy atom. The monoisotopic (exact) mass is 504 g/mol. The lowest BCUT2D eigenvalue weighted by molar-refractivity contribution is 0.0132. The Balaban J connectivity index is 0.00000280. The molecule has 28 heavy (non-hydrogen) atoms. The highest BCUT2D eigenvalue weighted by molar-refractivity contribution is 14.0. The van der Waals surface area contributed by atoms with E-state index < -0.39 is 0 Å². The lowest BCUT2D eigenvalue weighted by atomic mass is 10.0. The molecular formula is C21H34FIN4O. The predicted octanol–water partition coefficient (Wildman–Crippen LogP) is 3.21. The molecule has 2 fully saturated rings. The van der Waals surface area contributed by atoms with Gasteiger partial charge in [-0.2, -0.15) is 0 Å². The van der Waals surface area contributed by atoms with E-state index in [-0.39, 0.29) is 41.8 Å². The molecule has 1 aromatic rings. The molecule has 1 saturated heterocycles. The largest absolute Gasteiger partial charge is 0.379 e. The van der Waals surface area contributed by atoms with Gasteiger partial charge in [-0.1, -0.05) is 32.0 Å². The highest BCUT2D eigenvalue weighted by Gasteiger charge is 2.40. The van der Waals surface area contributed by atoms with Crippen molar-refractivity contribution in [3.05, 3.63) is 35.6 Å². The summed E-state index contributed by atoms with van der Waals surface area (Å²) in [7, 11) is 1.79. The van der Waals surface area contributed by atoms with E-state index in [4.69, 9.17) is 4.74 Å². The fourth-order valence-electron chi connectivity index (χ4n) is 3.91. The second-order valence-electron chi connectivity index (χ2n) is 8.00. The first-order valence-electron chi connectivity index (χ1n) is 10.1.